The summed E-state index contributed by atoms with van der Waals surface area (Å²) >= 11 is 0. The fourth-order valence-corrected chi connectivity index (χ4v) is 2.08. The second-order valence-electron chi connectivity index (χ2n) is 4.14. The summed E-state index contributed by atoms with van der Waals surface area (Å²) in [7, 11) is 1.37. The van der Waals surface area contributed by atoms with Crippen LogP contribution in [0.2, 0.25) is 0 Å². The molecular weight excluding hydrogens is 252 g/mol. The highest BCUT2D eigenvalue weighted by Gasteiger charge is 2.10. The van der Waals surface area contributed by atoms with Crippen LogP contribution in [0.5, 0.6) is 0 Å². The Labute approximate surface area is 119 Å². The molecule has 1 aromatic carbocycles. The van der Waals surface area contributed by atoms with Crippen LogP contribution in [0.25, 0.3) is 10.9 Å². The van der Waals surface area contributed by atoms with E-state index in [1.807, 2.05) is 43.7 Å². The Morgan fingerprint density at radius 3 is 2.70 bits per heavy atom. The van der Waals surface area contributed by atoms with Gasteiger partial charge in [-0.1, -0.05) is 13.8 Å². The number of methoxy groups -OCH3 is 1. The second kappa shape index (κ2) is 7.34. The minimum atomic E-state index is -0.332. The van der Waals surface area contributed by atoms with E-state index >= 15 is 0 Å². The maximum atomic E-state index is 11.5. The Morgan fingerprint density at radius 1 is 1.40 bits per heavy atom. The zero-order valence-electron chi connectivity index (χ0n) is 12.4. The number of nitriles is 1. The summed E-state index contributed by atoms with van der Waals surface area (Å²) in [6.45, 7) is 6.66. The van der Waals surface area contributed by atoms with E-state index in [1.54, 1.807) is 6.07 Å². The summed E-state index contributed by atoms with van der Waals surface area (Å²) in [5.41, 5.74) is 2.68. The number of esters is 1. The van der Waals surface area contributed by atoms with Crippen molar-refractivity contribution in [3.8, 4) is 6.07 Å². The highest BCUT2D eigenvalue weighted by atomic mass is 16.5. The Balaban J connectivity index is 0.000000956. The molecule has 1 aromatic heterocycles. The van der Waals surface area contributed by atoms with Crippen LogP contribution in [0.4, 0.5) is 0 Å². The zero-order chi connectivity index (χ0) is 15.1. The van der Waals surface area contributed by atoms with E-state index in [-0.39, 0.29) is 5.97 Å². The molecule has 0 atom stereocenters. The van der Waals surface area contributed by atoms with E-state index in [1.165, 1.54) is 7.11 Å². The first-order valence-electron chi connectivity index (χ1n) is 6.72. The molecule has 0 aliphatic heterocycles. The molecule has 0 saturated carbocycles. The predicted octanol–water partition coefficient (Wildman–Crippen LogP) is 3.68. The first kappa shape index (κ1) is 15.8. The molecule has 0 saturated heterocycles. The molecule has 1 heterocycles. The van der Waals surface area contributed by atoms with Gasteiger partial charge in [-0.2, -0.15) is 5.26 Å². The van der Waals surface area contributed by atoms with Crippen LogP contribution in [-0.4, -0.2) is 17.6 Å². The number of ether oxygens (including phenoxy) is 1. The van der Waals surface area contributed by atoms with E-state index in [0.717, 1.165) is 16.5 Å². The number of benzene rings is 1. The lowest BCUT2D eigenvalue weighted by Crippen LogP contribution is -2.01. The Morgan fingerprint density at radius 2 is 2.10 bits per heavy atom. The van der Waals surface area contributed by atoms with Crippen molar-refractivity contribution in [3.63, 3.8) is 0 Å². The lowest BCUT2D eigenvalue weighted by molar-refractivity contribution is 0.0601. The fourth-order valence-electron chi connectivity index (χ4n) is 2.08. The molecule has 0 spiro atoms. The van der Waals surface area contributed by atoms with Crippen LogP contribution in [0.3, 0.4) is 0 Å². The van der Waals surface area contributed by atoms with E-state index in [0.29, 0.717) is 18.5 Å². The lowest BCUT2D eigenvalue weighted by atomic mass is 10.1. The van der Waals surface area contributed by atoms with Gasteiger partial charge in [-0.15, -0.1) is 0 Å². The maximum absolute atomic E-state index is 11.5. The number of fused-ring (bicyclic) bond motifs is 1. The van der Waals surface area contributed by atoms with Gasteiger partial charge < -0.3 is 9.30 Å². The SMILES string of the molecule is CC.COC(=O)c1ccc2c(c1)c(C)cn2CCC#N. The quantitative estimate of drug-likeness (QED) is 0.801. The molecule has 0 bridgehead atoms. The fraction of sp³-hybridized carbons (Fsp3) is 0.375. The highest BCUT2D eigenvalue weighted by molar-refractivity contribution is 5.95. The highest BCUT2D eigenvalue weighted by Crippen LogP contribution is 2.22. The van der Waals surface area contributed by atoms with Crippen LogP contribution in [0.1, 0.15) is 36.2 Å². The van der Waals surface area contributed by atoms with Crippen molar-refractivity contribution in [1.82, 2.24) is 4.57 Å². The summed E-state index contributed by atoms with van der Waals surface area (Å²) < 4.78 is 6.74. The minimum Gasteiger partial charge on any atom is -0.465 e. The topological polar surface area (TPSA) is 55.0 Å². The van der Waals surface area contributed by atoms with Gasteiger partial charge in [-0.05, 0) is 30.7 Å². The monoisotopic (exact) mass is 272 g/mol. The van der Waals surface area contributed by atoms with E-state index in [9.17, 15) is 4.79 Å². The van der Waals surface area contributed by atoms with Gasteiger partial charge in [0.05, 0.1) is 25.2 Å². The van der Waals surface area contributed by atoms with Crippen LogP contribution < -0.4 is 0 Å². The zero-order valence-corrected chi connectivity index (χ0v) is 12.4. The Hall–Kier alpha value is -2.28. The largest absolute Gasteiger partial charge is 0.465 e. The summed E-state index contributed by atoms with van der Waals surface area (Å²) in [5.74, 6) is -0.332. The predicted molar refractivity (Wildman–Crippen MR) is 79.6 cm³/mol. The molecule has 0 fully saturated rings. The summed E-state index contributed by atoms with van der Waals surface area (Å²) in [6.07, 6.45) is 2.48. The average molecular weight is 272 g/mol. The molecule has 4 heteroatoms. The number of carbonyl (C=O) groups excluding carboxylic acids is 1. The van der Waals surface area contributed by atoms with Crippen molar-refractivity contribution >= 4 is 16.9 Å². The number of aryl methyl sites for hydroxylation is 2. The molecule has 2 aromatic rings. The molecule has 0 unspecified atom stereocenters. The van der Waals surface area contributed by atoms with Crippen LogP contribution in [-0.2, 0) is 11.3 Å². The number of rotatable bonds is 3. The molecule has 2 rings (SSSR count). The van der Waals surface area contributed by atoms with Gasteiger partial charge in [0.25, 0.3) is 0 Å². The number of nitrogens with zero attached hydrogens (tertiary/aromatic N) is 2. The minimum absolute atomic E-state index is 0.332. The molecule has 106 valence electrons. The van der Waals surface area contributed by atoms with E-state index in [2.05, 4.69) is 6.07 Å². The molecule has 0 aliphatic rings. The third-order valence-electron chi connectivity index (χ3n) is 2.97. The third kappa shape index (κ3) is 3.18. The molecule has 0 N–H and O–H groups in total. The Kier molecular flexibility index (Phi) is 5.79. The van der Waals surface area contributed by atoms with Crippen molar-refractivity contribution in [3.05, 3.63) is 35.5 Å². The van der Waals surface area contributed by atoms with E-state index in [4.69, 9.17) is 10.00 Å². The van der Waals surface area contributed by atoms with Gasteiger partial charge in [0.1, 0.15) is 0 Å². The molecule has 0 amide bonds. The van der Waals surface area contributed by atoms with Crippen LogP contribution in [0, 0.1) is 18.3 Å². The summed E-state index contributed by atoms with van der Waals surface area (Å²) in [6, 6.07) is 7.61. The molecule has 0 aliphatic carbocycles. The van der Waals surface area contributed by atoms with Crippen LogP contribution in [0.15, 0.2) is 24.4 Å². The Bertz CT molecular complexity index is 636. The standard InChI is InChI=1S/C14H14N2O2.C2H6/c1-10-9-16(7-3-6-15)13-5-4-11(8-12(10)13)14(17)18-2;1-2/h4-5,8-9H,3,7H2,1-2H3;1-2H3. The lowest BCUT2D eigenvalue weighted by Gasteiger charge is -2.03. The van der Waals surface area contributed by atoms with Gasteiger partial charge in [0, 0.05) is 23.6 Å². The number of carbonyl (C=O) groups is 1. The summed E-state index contributed by atoms with van der Waals surface area (Å²) in [4.78, 5) is 11.5. The average Bonchev–Trinajstić information content (AvgIpc) is 2.82. The van der Waals surface area contributed by atoms with Crippen molar-refractivity contribution in [2.75, 3.05) is 7.11 Å². The molecule has 4 nitrogen and oxygen atoms in total. The van der Waals surface area contributed by atoms with Gasteiger partial charge >= 0.3 is 5.97 Å². The first-order valence-corrected chi connectivity index (χ1v) is 6.72. The van der Waals surface area contributed by atoms with E-state index < -0.39 is 0 Å². The number of hydrogen-bond donors (Lipinski definition) is 0. The van der Waals surface area contributed by atoms with Gasteiger partial charge in [-0.25, -0.2) is 4.79 Å². The van der Waals surface area contributed by atoms with Gasteiger partial charge in [0.2, 0.25) is 0 Å². The molecular formula is C16H20N2O2. The summed E-state index contributed by atoms with van der Waals surface area (Å²) in [5, 5.41) is 9.65. The normalized spacial score (nSPS) is 9.55. The molecule has 20 heavy (non-hydrogen) atoms. The number of hydrogen-bond acceptors (Lipinski definition) is 3. The van der Waals surface area contributed by atoms with Crippen molar-refractivity contribution in [2.45, 2.75) is 33.7 Å². The van der Waals surface area contributed by atoms with Crippen molar-refractivity contribution in [1.29, 1.82) is 5.26 Å². The van der Waals surface area contributed by atoms with Crippen LogP contribution >= 0.6 is 0 Å². The third-order valence-corrected chi connectivity index (χ3v) is 2.97. The maximum Gasteiger partial charge on any atom is 0.337 e. The number of aromatic nitrogens is 1. The molecule has 0 radical (unpaired) electrons. The van der Waals surface area contributed by atoms with Gasteiger partial charge in [-0.3, -0.25) is 0 Å². The van der Waals surface area contributed by atoms with Crippen molar-refractivity contribution < 1.29 is 9.53 Å². The second-order valence-corrected chi connectivity index (χ2v) is 4.14. The van der Waals surface area contributed by atoms with Gasteiger partial charge in [0.15, 0.2) is 0 Å². The first-order chi connectivity index (χ1) is 9.67. The van der Waals surface area contributed by atoms with Crippen molar-refractivity contribution in [2.24, 2.45) is 0 Å². The smallest absolute Gasteiger partial charge is 0.337 e.